The van der Waals surface area contributed by atoms with Gasteiger partial charge in [-0.15, -0.1) is 0 Å². The van der Waals surface area contributed by atoms with Gasteiger partial charge in [0, 0.05) is 16.6 Å². The van der Waals surface area contributed by atoms with E-state index in [2.05, 4.69) is 10.3 Å². The molecule has 0 radical (unpaired) electrons. The van der Waals surface area contributed by atoms with Crippen LogP contribution < -0.4 is 5.32 Å². The van der Waals surface area contributed by atoms with Gasteiger partial charge in [0.1, 0.15) is 0 Å². The van der Waals surface area contributed by atoms with Crippen molar-refractivity contribution >= 4 is 42.1 Å². The lowest BCUT2D eigenvalue weighted by Gasteiger charge is -2.19. The number of nitrogens with one attached hydrogen (secondary N) is 1. The number of aryl methyl sites for hydroxylation is 1. The maximum Gasteiger partial charge on any atom is 0.272 e. The quantitative estimate of drug-likeness (QED) is 0.862. The van der Waals surface area contributed by atoms with Crippen LogP contribution in [0, 0.1) is 24.7 Å². The number of nitrogens with zero attached hydrogens (tertiary/aromatic N) is 1. The van der Waals surface area contributed by atoms with E-state index in [1.807, 2.05) is 0 Å². The van der Waals surface area contributed by atoms with Gasteiger partial charge >= 0.3 is 0 Å². The van der Waals surface area contributed by atoms with Crippen molar-refractivity contribution in [2.75, 3.05) is 5.32 Å². The van der Waals surface area contributed by atoms with E-state index < -0.39 is 9.05 Å². The van der Waals surface area contributed by atoms with Crippen molar-refractivity contribution < 1.29 is 13.2 Å². The molecule has 110 valence electrons. The van der Waals surface area contributed by atoms with Crippen molar-refractivity contribution in [1.82, 2.24) is 4.98 Å². The van der Waals surface area contributed by atoms with Crippen molar-refractivity contribution in [2.45, 2.75) is 36.8 Å². The van der Waals surface area contributed by atoms with E-state index in [-0.39, 0.29) is 16.0 Å². The first-order valence-electron chi connectivity index (χ1n) is 6.57. The minimum atomic E-state index is -3.80. The summed E-state index contributed by atoms with van der Waals surface area (Å²) >= 11 is 0.911. The molecule has 0 aliphatic heterocycles. The fraction of sp³-hybridized carbons (Fsp3) is 0.667. The number of anilines is 1. The molecule has 1 N–H and O–H groups in total. The second-order valence-electron chi connectivity index (χ2n) is 5.60. The number of halogens is 1. The zero-order valence-electron chi connectivity index (χ0n) is 10.9. The van der Waals surface area contributed by atoms with E-state index in [9.17, 15) is 13.2 Å². The molecule has 20 heavy (non-hydrogen) atoms. The van der Waals surface area contributed by atoms with Crippen LogP contribution in [0.2, 0.25) is 0 Å². The van der Waals surface area contributed by atoms with Crippen LogP contribution in [-0.4, -0.2) is 19.3 Å². The fourth-order valence-electron chi connectivity index (χ4n) is 3.43. The van der Waals surface area contributed by atoms with E-state index in [1.54, 1.807) is 6.92 Å². The van der Waals surface area contributed by atoms with Gasteiger partial charge in [-0.25, -0.2) is 13.4 Å². The highest BCUT2D eigenvalue weighted by atomic mass is 35.7. The number of hydrogen-bond acceptors (Lipinski definition) is 5. The van der Waals surface area contributed by atoms with Gasteiger partial charge in [-0.05, 0) is 38.0 Å². The molecule has 5 nitrogen and oxygen atoms in total. The second-order valence-corrected chi connectivity index (χ2v) is 9.36. The molecule has 2 saturated carbocycles. The molecule has 0 spiro atoms. The van der Waals surface area contributed by atoms with Crippen LogP contribution in [-0.2, 0) is 13.8 Å². The third kappa shape index (κ3) is 2.58. The van der Waals surface area contributed by atoms with Gasteiger partial charge in [0.25, 0.3) is 9.05 Å². The Balaban J connectivity index is 1.74. The van der Waals surface area contributed by atoms with Crippen molar-refractivity contribution in [2.24, 2.45) is 17.8 Å². The molecule has 1 heterocycles. The number of carbonyl (C=O) groups is 1. The molecule has 0 aromatic carbocycles. The van der Waals surface area contributed by atoms with Crippen molar-refractivity contribution in [3.63, 3.8) is 0 Å². The highest BCUT2D eigenvalue weighted by molar-refractivity contribution is 8.15. The number of thiazole rings is 1. The molecule has 2 aliphatic carbocycles. The molecule has 2 fully saturated rings. The Morgan fingerprint density at radius 3 is 2.65 bits per heavy atom. The third-order valence-electron chi connectivity index (χ3n) is 4.28. The first-order valence-corrected chi connectivity index (χ1v) is 9.70. The van der Waals surface area contributed by atoms with Gasteiger partial charge in [-0.1, -0.05) is 17.8 Å². The van der Waals surface area contributed by atoms with Crippen LogP contribution >= 0.6 is 22.0 Å². The first kappa shape index (κ1) is 14.3. The van der Waals surface area contributed by atoms with Gasteiger partial charge < -0.3 is 5.32 Å². The highest BCUT2D eigenvalue weighted by Gasteiger charge is 2.43. The van der Waals surface area contributed by atoms with Crippen LogP contribution in [0.4, 0.5) is 5.13 Å². The summed E-state index contributed by atoms with van der Waals surface area (Å²) in [6, 6.07) is 0. The molecule has 3 unspecified atom stereocenters. The summed E-state index contributed by atoms with van der Waals surface area (Å²) in [6.07, 6.45) is 4.46. The normalized spacial score (nSPS) is 28.8. The molecular weight excluding hydrogens is 320 g/mol. The van der Waals surface area contributed by atoms with Crippen LogP contribution in [0.25, 0.3) is 0 Å². The molecular formula is C12H15ClN2O3S2. The summed E-state index contributed by atoms with van der Waals surface area (Å²) in [7, 11) is 1.52. The largest absolute Gasteiger partial charge is 0.302 e. The zero-order valence-corrected chi connectivity index (χ0v) is 13.3. The minimum Gasteiger partial charge on any atom is -0.302 e. The van der Waals surface area contributed by atoms with Crippen LogP contribution in [0.3, 0.4) is 0 Å². The lowest BCUT2D eigenvalue weighted by Crippen LogP contribution is -2.27. The third-order valence-corrected chi connectivity index (χ3v) is 7.53. The maximum absolute atomic E-state index is 12.2. The molecule has 0 saturated heterocycles. The van der Waals surface area contributed by atoms with Gasteiger partial charge in [-0.2, -0.15) is 0 Å². The van der Waals surface area contributed by atoms with E-state index in [1.165, 1.54) is 6.42 Å². The SMILES string of the molecule is Cc1nc(NC(=O)C2CC3CCC2C3)sc1S(=O)(=O)Cl. The average molecular weight is 335 g/mol. The Labute approximate surface area is 126 Å². The molecule has 3 rings (SSSR count). The summed E-state index contributed by atoms with van der Waals surface area (Å²) in [5.74, 6) is 1.18. The Morgan fingerprint density at radius 2 is 2.15 bits per heavy atom. The topological polar surface area (TPSA) is 76.1 Å². The van der Waals surface area contributed by atoms with E-state index in [0.717, 1.165) is 30.6 Å². The zero-order chi connectivity index (χ0) is 14.5. The number of aromatic nitrogens is 1. The summed E-state index contributed by atoms with van der Waals surface area (Å²) in [6.45, 7) is 1.57. The Kier molecular flexibility index (Phi) is 3.54. The van der Waals surface area contributed by atoms with Crippen molar-refractivity contribution in [3.05, 3.63) is 5.69 Å². The molecule has 1 amide bonds. The number of hydrogen-bond donors (Lipinski definition) is 1. The molecule has 2 aliphatic rings. The van der Waals surface area contributed by atoms with E-state index >= 15 is 0 Å². The van der Waals surface area contributed by atoms with Crippen LogP contribution in [0.5, 0.6) is 0 Å². The summed E-state index contributed by atoms with van der Waals surface area (Å²) in [5, 5.41) is 3.06. The number of carbonyl (C=O) groups excluding carboxylic acids is 1. The minimum absolute atomic E-state index is 0.00223. The smallest absolute Gasteiger partial charge is 0.272 e. The maximum atomic E-state index is 12.2. The van der Waals surface area contributed by atoms with E-state index in [0.29, 0.717) is 22.7 Å². The standard InChI is InChI=1S/C12H15ClN2O3S2/c1-6-11(20(13,17)18)19-12(14-6)15-10(16)9-5-7-2-3-8(9)4-7/h7-9H,2-5H2,1H3,(H,14,15,16). The van der Waals surface area contributed by atoms with Gasteiger partial charge in [0.15, 0.2) is 9.34 Å². The molecule has 1 aromatic heterocycles. The molecule has 3 atom stereocenters. The molecule has 2 bridgehead atoms. The fourth-order valence-corrected chi connectivity index (χ4v) is 5.78. The summed E-state index contributed by atoms with van der Waals surface area (Å²) in [4.78, 5) is 16.3. The van der Waals surface area contributed by atoms with Crippen LogP contribution in [0.1, 0.15) is 31.4 Å². The monoisotopic (exact) mass is 334 g/mol. The van der Waals surface area contributed by atoms with Gasteiger partial charge in [-0.3, -0.25) is 4.79 Å². The lowest BCUT2D eigenvalue weighted by atomic mass is 9.88. The predicted molar refractivity (Wildman–Crippen MR) is 77.5 cm³/mol. The Hall–Kier alpha value is -0.660. The first-order chi connectivity index (χ1) is 9.34. The summed E-state index contributed by atoms with van der Waals surface area (Å²) < 4.78 is 22.7. The summed E-state index contributed by atoms with van der Waals surface area (Å²) in [5.41, 5.74) is 0.327. The molecule has 8 heteroatoms. The van der Waals surface area contributed by atoms with Crippen LogP contribution in [0.15, 0.2) is 4.21 Å². The van der Waals surface area contributed by atoms with E-state index in [4.69, 9.17) is 10.7 Å². The number of fused-ring (bicyclic) bond motifs is 2. The molecule has 1 aromatic rings. The second kappa shape index (κ2) is 4.96. The Morgan fingerprint density at radius 1 is 1.40 bits per heavy atom. The highest BCUT2D eigenvalue weighted by Crippen LogP contribution is 2.48. The number of amides is 1. The predicted octanol–water partition coefficient (Wildman–Crippen LogP) is 2.75. The average Bonchev–Trinajstić information content (AvgIpc) is 3.02. The number of rotatable bonds is 3. The van der Waals surface area contributed by atoms with Crippen molar-refractivity contribution in [1.29, 1.82) is 0 Å². The van der Waals surface area contributed by atoms with Gasteiger partial charge in [0.2, 0.25) is 5.91 Å². The van der Waals surface area contributed by atoms with Crippen molar-refractivity contribution in [3.8, 4) is 0 Å². The Bertz CT molecular complexity index is 656. The lowest BCUT2D eigenvalue weighted by molar-refractivity contribution is -0.121. The van der Waals surface area contributed by atoms with Gasteiger partial charge in [0.05, 0.1) is 5.69 Å².